The average molecular weight is 300 g/mol. The maximum atomic E-state index is 13.4. The Balaban J connectivity index is 1.87. The van der Waals surface area contributed by atoms with E-state index in [4.69, 9.17) is 0 Å². The molecule has 114 valence electrons. The summed E-state index contributed by atoms with van der Waals surface area (Å²) >= 11 is 0. The molecule has 2 amide bonds. The standard InChI is InChI=1S/C17H17FN2O2/c1-20(14-8-3-2-4-9-14)17(22)11-16(21)19-12-13-7-5-6-10-15(13)18/h2-10H,11-12H2,1H3,(H,19,21). The average Bonchev–Trinajstić information content (AvgIpc) is 2.54. The molecule has 2 aromatic carbocycles. The summed E-state index contributed by atoms with van der Waals surface area (Å²) in [7, 11) is 1.61. The second-order valence-electron chi connectivity index (χ2n) is 4.83. The Hall–Kier alpha value is -2.69. The minimum atomic E-state index is -0.434. The van der Waals surface area contributed by atoms with Crippen LogP contribution >= 0.6 is 0 Å². The number of nitrogens with zero attached hydrogens (tertiary/aromatic N) is 1. The molecule has 0 bridgehead atoms. The molecule has 0 aliphatic rings. The molecule has 0 aromatic heterocycles. The molecule has 0 fully saturated rings. The fraction of sp³-hybridized carbons (Fsp3) is 0.176. The van der Waals surface area contributed by atoms with E-state index >= 15 is 0 Å². The highest BCUT2D eigenvalue weighted by Gasteiger charge is 2.15. The highest BCUT2D eigenvalue weighted by molar-refractivity contribution is 6.04. The highest BCUT2D eigenvalue weighted by Crippen LogP contribution is 2.12. The molecule has 0 unspecified atom stereocenters. The molecule has 0 aliphatic heterocycles. The van der Waals surface area contributed by atoms with Gasteiger partial charge in [-0.05, 0) is 18.2 Å². The van der Waals surface area contributed by atoms with Crippen LogP contribution in [0, 0.1) is 5.82 Å². The van der Waals surface area contributed by atoms with Gasteiger partial charge in [-0.3, -0.25) is 9.59 Å². The van der Waals surface area contributed by atoms with E-state index < -0.39 is 5.91 Å². The zero-order chi connectivity index (χ0) is 15.9. The first-order valence-corrected chi connectivity index (χ1v) is 6.89. The number of para-hydroxylation sites is 1. The molecule has 0 atom stereocenters. The Labute approximate surface area is 128 Å². The number of hydrogen-bond donors (Lipinski definition) is 1. The molecular weight excluding hydrogens is 283 g/mol. The Morgan fingerprint density at radius 3 is 2.36 bits per heavy atom. The number of halogens is 1. The summed E-state index contributed by atoms with van der Waals surface area (Å²) in [6, 6.07) is 15.3. The fourth-order valence-corrected chi connectivity index (χ4v) is 1.95. The van der Waals surface area contributed by atoms with Crippen LogP contribution in [0.4, 0.5) is 10.1 Å². The summed E-state index contributed by atoms with van der Waals surface area (Å²) in [6.07, 6.45) is -0.278. The second kappa shape index (κ2) is 7.36. The van der Waals surface area contributed by atoms with E-state index in [1.807, 2.05) is 18.2 Å². The van der Waals surface area contributed by atoms with Crippen molar-refractivity contribution in [2.45, 2.75) is 13.0 Å². The van der Waals surface area contributed by atoms with Gasteiger partial charge in [-0.15, -0.1) is 0 Å². The van der Waals surface area contributed by atoms with E-state index in [9.17, 15) is 14.0 Å². The molecular formula is C17H17FN2O2. The number of carbonyl (C=O) groups is 2. The zero-order valence-electron chi connectivity index (χ0n) is 12.3. The first kappa shape index (κ1) is 15.7. The first-order valence-electron chi connectivity index (χ1n) is 6.89. The van der Waals surface area contributed by atoms with E-state index in [-0.39, 0.29) is 24.7 Å². The molecule has 0 saturated heterocycles. The summed E-state index contributed by atoms with van der Waals surface area (Å²) in [6.45, 7) is 0.0633. The largest absolute Gasteiger partial charge is 0.351 e. The van der Waals surface area contributed by atoms with Gasteiger partial charge < -0.3 is 10.2 Å². The lowest BCUT2D eigenvalue weighted by molar-refractivity contribution is -0.127. The van der Waals surface area contributed by atoms with Gasteiger partial charge in [0.15, 0.2) is 0 Å². The van der Waals surface area contributed by atoms with Gasteiger partial charge in [-0.2, -0.15) is 0 Å². The van der Waals surface area contributed by atoms with Gasteiger partial charge in [0, 0.05) is 24.8 Å². The maximum absolute atomic E-state index is 13.4. The van der Waals surface area contributed by atoms with Crippen LogP contribution in [0.2, 0.25) is 0 Å². The zero-order valence-corrected chi connectivity index (χ0v) is 12.3. The number of carbonyl (C=O) groups excluding carboxylic acids is 2. The number of nitrogens with one attached hydrogen (secondary N) is 1. The minimum Gasteiger partial charge on any atom is -0.351 e. The minimum absolute atomic E-state index is 0.0633. The van der Waals surface area contributed by atoms with Crippen LogP contribution in [0.1, 0.15) is 12.0 Å². The summed E-state index contributed by atoms with van der Waals surface area (Å²) in [5, 5.41) is 2.55. The van der Waals surface area contributed by atoms with Gasteiger partial charge in [0.2, 0.25) is 11.8 Å². The van der Waals surface area contributed by atoms with E-state index in [0.29, 0.717) is 5.56 Å². The monoisotopic (exact) mass is 300 g/mol. The van der Waals surface area contributed by atoms with Crippen molar-refractivity contribution in [1.29, 1.82) is 0 Å². The smallest absolute Gasteiger partial charge is 0.236 e. The second-order valence-corrected chi connectivity index (χ2v) is 4.83. The molecule has 4 nitrogen and oxygen atoms in total. The van der Waals surface area contributed by atoms with Gasteiger partial charge in [0.05, 0.1) is 0 Å². The quantitative estimate of drug-likeness (QED) is 0.863. The van der Waals surface area contributed by atoms with Gasteiger partial charge >= 0.3 is 0 Å². The lowest BCUT2D eigenvalue weighted by Gasteiger charge is -2.17. The van der Waals surface area contributed by atoms with E-state index in [1.54, 1.807) is 37.4 Å². The Kier molecular flexibility index (Phi) is 5.25. The van der Waals surface area contributed by atoms with Crippen LogP contribution in [-0.2, 0) is 16.1 Å². The summed E-state index contributed by atoms with van der Waals surface area (Å²) in [5.74, 6) is -1.14. The fourth-order valence-electron chi connectivity index (χ4n) is 1.95. The van der Waals surface area contributed by atoms with Crippen molar-refractivity contribution in [3.05, 3.63) is 66.0 Å². The Bertz CT molecular complexity index is 659. The number of benzene rings is 2. The van der Waals surface area contributed by atoms with Crippen LogP contribution in [0.15, 0.2) is 54.6 Å². The van der Waals surface area contributed by atoms with Crippen molar-refractivity contribution in [2.75, 3.05) is 11.9 Å². The molecule has 22 heavy (non-hydrogen) atoms. The van der Waals surface area contributed by atoms with Crippen molar-refractivity contribution in [1.82, 2.24) is 5.32 Å². The van der Waals surface area contributed by atoms with Crippen molar-refractivity contribution in [2.24, 2.45) is 0 Å². The van der Waals surface area contributed by atoms with Gasteiger partial charge in [-0.25, -0.2) is 4.39 Å². The summed E-state index contributed by atoms with van der Waals surface area (Å²) < 4.78 is 13.4. The molecule has 0 spiro atoms. The summed E-state index contributed by atoms with van der Waals surface area (Å²) in [4.78, 5) is 25.2. The maximum Gasteiger partial charge on any atom is 0.236 e. The third-order valence-electron chi connectivity index (χ3n) is 3.26. The number of amides is 2. The van der Waals surface area contributed by atoms with Crippen LogP contribution in [0.25, 0.3) is 0 Å². The van der Waals surface area contributed by atoms with Crippen molar-refractivity contribution < 1.29 is 14.0 Å². The lowest BCUT2D eigenvalue weighted by atomic mass is 10.2. The molecule has 0 heterocycles. The van der Waals surface area contributed by atoms with E-state index in [0.717, 1.165) is 5.69 Å². The molecule has 0 aliphatic carbocycles. The predicted octanol–water partition coefficient (Wildman–Crippen LogP) is 2.50. The van der Waals surface area contributed by atoms with E-state index in [2.05, 4.69) is 5.32 Å². The van der Waals surface area contributed by atoms with Gasteiger partial charge in [0.25, 0.3) is 0 Å². The number of rotatable bonds is 5. The number of anilines is 1. The van der Waals surface area contributed by atoms with Gasteiger partial charge in [-0.1, -0.05) is 36.4 Å². The SMILES string of the molecule is CN(C(=O)CC(=O)NCc1ccccc1F)c1ccccc1. The molecule has 2 rings (SSSR count). The Morgan fingerprint density at radius 2 is 1.68 bits per heavy atom. The molecule has 2 aromatic rings. The summed E-state index contributed by atoms with van der Waals surface area (Å²) in [5.41, 5.74) is 1.11. The molecule has 0 saturated carbocycles. The first-order chi connectivity index (χ1) is 10.6. The third kappa shape index (κ3) is 4.15. The topological polar surface area (TPSA) is 49.4 Å². The van der Waals surface area contributed by atoms with E-state index in [1.165, 1.54) is 11.0 Å². The lowest BCUT2D eigenvalue weighted by Crippen LogP contribution is -2.33. The normalized spacial score (nSPS) is 10.1. The van der Waals surface area contributed by atoms with Crippen molar-refractivity contribution in [3.63, 3.8) is 0 Å². The predicted molar refractivity (Wildman–Crippen MR) is 82.7 cm³/mol. The van der Waals surface area contributed by atoms with Gasteiger partial charge in [0.1, 0.15) is 12.2 Å². The van der Waals surface area contributed by atoms with Crippen LogP contribution < -0.4 is 10.2 Å². The van der Waals surface area contributed by atoms with Crippen LogP contribution in [0.5, 0.6) is 0 Å². The highest BCUT2D eigenvalue weighted by atomic mass is 19.1. The Morgan fingerprint density at radius 1 is 1.05 bits per heavy atom. The third-order valence-corrected chi connectivity index (χ3v) is 3.26. The van der Waals surface area contributed by atoms with Crippen molar-refractivity contribution >= 4 is 17.5 Å². The molecule has 0 radical (unpaired) electrons. The van der Waals surface area contributed by atoms with Crippen LogP contribution in [0.3, 0.4) is 0 Å². The number of hydrogen-bond acceptors (Lipinski definition) is 2. The van der Waals surface area contributed by atoms with Crippen molar-refractivity contribution in [3.8, 4) is 0 Å². The molecule has 1 N–H and O–H groups in total. The van der Waals surface area contributed by atoms with Crippen LogP contribution in [-0.4, -0.2) is 18.9 Å². The molecule has 5 heteroatoms.